The minimum Gasteiger partial charge on any atom is -0.495 e. The number of ether oxygens (including phenoxy) is 5. The summed E-state index contributed by atoms with van der Waals surface area (Å²) in [5.74, 6) is -2.43. The predicted molar refractivity (Wildman–Crippen MR) is 216 cm³/mol. The second-order valence-electron chi connectivity index (χ2n) is 15.8. The van der Waals surface area contributed by atoms with Crippen LogP contribution in [0.5, 0.6) is 5.75 Å². The van der Waals surface area contributed by atoms with Crippen molar-refractivity contribution in [1.29, 1.82) is 0 Å². The molecule has 0 spiro atoms. The summed E-state index contributed by atoms with van der Waals surface area (Å²) in [7, 11) is 1.48. The molecule has 308 valence electrons. The summed E-state index contributed by atoms with van der Waals surface area (Å²) >= 11 is 6.29. The number of hydrogen-bond acceptors (Lipinski definition) is 10. The number of esters is 3. The fourth-order valence-electron chi connectivity index (χ4n) is 5.16. The van der Waals surface area contributed by atoms with Gasteiger partial charge in [0.2, 0.25) is 5.91 Å². The van der Waals surface area contributed by atoms with E-state index in [9.17, 15) is 24.0 Å². The molecule has 2 amide bonds. The average molecular weight is 799 g/mol. The van der Waals surface area contributed by atoms with Crippen molar-refractivity contribution in [2.24, 2.45) is 11.8 Å². The molecule has 0 unspecified atom stereocenters. The molecule has 0 aliphatic rings. The Morgan fingerprint density at radius 1 is 0.875 bits per heavy atom. The lowest BCUT2D eigenvalue weighted by Crippen LogP contribution is -2.49. The first kappa shape index (κ1) is 47.3. The molecule has 0 aliphatic carbocycles. The largest absolute Gasteiger partial charge is 0.495 e. The molecule has 12 nitrogen and oxygen atoms in total. The molecule has 2 rings (SSSR count). The van der Waals surface area contributed by atoms with Crippen LogP contribution >= 0.6 is 11.6 Å². The maximum Gasteiger partial charge on any atom is 0.408 e. The zero-order valence-corrected chi connectivity index (χ0v) is 35.1. The molecule has 2 aromatic rings. The predicted octanol–water partition coefficient (Wildman–Crippen LogP) is 7.80. The van der Waals surface area contributed by atoms with Crippen molar-refractivity contribution in [3.8, 4) is 5.75 Å². The Bertz CT molecular complexity index is 1660. The van der Waals surface area contributed by atoms with E-state index in [4.69, 9.17) is 35.3 Å². The third-order valence-electron chi connectivity index (χ3n) is 7.79. The number of alkyl carbamates (subject to hydrolysis) is 1. The van der Waals surface area contributed by atoms with Gasteiger partial charge in [-0.25, -0.2) is 14.4 Å². The molecule has 0 radical (unpaired) electrons. The highest BCUT2D eigenvalue weighted by Crippen LogP contribution is 2.26. The number of rotatable bonds is 19. The normalized spacial score (nSPS) is 14.1. The molecule has 2 N–H and O–H groups in total. The van der Waals surface area contributed by atoms with Crippen LogP contribution in [0.25, 0.3) is 6.08 Å². The van der Waals surface area contributed by atoms with Crippen LogP contribution in [0.15, 0.2) is 66.8 Å². The van der Waals surface area contributed by atoms with Gasteiger partial charge in [-0.15, -0.1) is 0 Å². The molecule has 4 atom stereocenters. The highest BCUT2D eigenvalue weighted by atomic mass is 35.5. The Kier molecular flexibility index (Phi) is 19.1. The van der Waals surface area contributed by atoms with Gasteiger partial charge in [0, 0.05) is 31.4 Å². The van der Waals surface area contributed by atoms with E-state index in [0.29, 0.717) is 16.3 Å². The average Bonchev–Trinajstić information content (AvgIpc) is 3.08. The molecule has 0 saturated carbocycles. The Morgan fingerprint density at radius 3 is 2.12 bits per heavy atom. The third kappa shape index (κ3) is 19.2. The number of halogens is 1. The maximum atomic E-state index is 13.6. The van der Waals surface area contributed by atoms with Gasteiger partial charge in [0.25, 0.3) is 0 Å². The first-order chi connectivity index (χ1) is 26.1. The van der Waals surface area contributed by atoms with E-state index >= 15 is 0 Å². The van der Waals surface area contributed by atoms with Crippen molar-refractivity contribution in [1.82, 2.24) is 10.6 Å². The summed E-state index contributed by atoms with van der Waals surface area (Å²) in [5.41, 5.74) is 0.134. The number of carbonyl (C=O) groups is 5. The summed E-state index contributed by atoms with van der Waals surface area (Å²) < 4.78 is 27.5. The van der Waals surface area contributed by atoms with E-state index in [2.05, 4.69) is 10.6 Å². The molecule has 0 bridgehead atoms. The number of hydrogen-bond donors (Lipinski definition) is 2. The van der Waals surface area contributed by atoms with Crippen molar-refractivity contribution in [2.45, 2.75) is 117 Å². The van der Waals surface area contributed by atoms with Crippen molar-refractivity contribution in [3.05, 3.63) is 82.9 Å². The monoisotopic (exact) mass is 798 g/mol. The van der Waals surface area contributed by atoms with Crippen LogP contribution in [0.2, 0.25) is 5.02 Å². The number of methoxy groups -OCH3 is 1. The van der Waals surface area contributed by atoms with Gasteiger partial charge in [-0.05, 0) is 77.1 Å². The molecule has 13 heteroatoms. The molecule has 2 aromatic carbocycles. The standard InChI is InChI=1S/C43H59ClN2O10/c1-28(2)25-36(40(50)54-34(17-14-18-38(48)55-42(4,5)6)29(3)19-20-30-15-12-11-13-16-30)53-37(47)23-24-45-39(49)33(46-41(51)56-43(7,8)9)27-31-21-22-35(52-10)32(44)26-31/h11-16,18-22,26,28-29,33-34,36H,17,23-25,27H2,1-10H3,(H,45,49)(H,46,51)/b18-14+,20-19+/t29-,33-,34+,36+/m1/s1. The smallest absolute Gasteiger partial charge is 0.408 e. The van der Waals surface area contributed by atoms with Crippen molar-refractivity contribution >= 4 is 47.6 Å². The summed E-state index contributed by atoms with van der Waals surface area (Å²) in [5, 5.41) is 5.59. The van der Waals surface area contributed by atoms with Crippen molar-refractivity contribution in [3.63, 3.8) is 0 Å². The molecular weight excluding hydrogens is 740 g/mol. The van der Waals surface area contributed by atoms with Gasteiger partial charge in [-0.1, -0.05) is 87.0 Å². The fourth-order valence-corrected chi connectivity index (χ4v) is 5.44. The summed E-state index contributed by atoms with van der Waals surface area (Å²) in [6.45, 7) is 15.9. The summed E-state index contributed by atoms with van der Waals surface area (Å²) in [6.07, 6.45) is 4.20. The number of amides is 2. The third-order valence-corrected chi connectivity index (χ3v) is 8.08. The van der Waals surface area contributed by atoms with Gasteiger partial charge < -0.3 is 34.3 Å². The van der Waals surface area contributed by atoms with Gasteiger partial charge in [-0.2, -0.15) is 0 Å². The lowest BCUT2D eigenvalue weighted by atomic mass is 9.99. The minimum atomic E-state index is -1.22. The zero-order chi connectivity index (χ0) is 42.1. The first-order valence-electron chi connectivity index (χ1n) is 18.8. The molecule has 0 fully saturated rings. The van der Waals surface area contributed by atoms with Crippen LogP contribution in [0.1, 0.15) is 92.7 Å². The SMILES string of the molecule is COc1ccc(C[C@@H](NC(=O)OC(C)(C)C)C(=O)NCCC(=O)O[C@@H](CC(C)C)C(=O)O[C@@H](C/C=C/C(=O)OC(C)(C)C)[C@H](C)/C=C/c2ccccc2)cc1Cl. The van der Waals surface area contributed by atoms with E-state index in [1.165, 1.54) is 13.2 Å². The van der Waals surface area contributed by atoms with E-state index in [0.717, 1.165) is 5.56 Å². The lowest BCUT2D eigenvalue weighted by molar-refractivity contribution is -0.173. The van der Waals surface area contributed by atoms with Gasteiger partial charge in [0.05, 0.1) is 18.6 Å². The van der Waals surface area contributed by atoms with Gasteiger partial charge >= 0.3 is 24.0 Å². The van der Waals surface area contributed by atoms with E-state index in [1.807, 2.05) is 63.3 Å². The lowest BCUT2D eigenvalue weighted by Gasteiger charge is -2.25. The van der Waals surface area contributed by atoms with Crippen LogP contribution in [0.3, 0.4) is 0 Å². The molecular formula is C43H59ClN2O10. The second kappa shape index (κ2) is 22.6. The van der Waals surface area contributed by atoms with Crippen molar-refractivity contribution < 1.29 is 47.7 Å². The molecule has 0 aliphatic heterocycles. The molecule has 0 saturated heterocycles. The Balaban J connectivity index is 2.15. The Hall–Kier alpha value is -4.84. The van der Waals surface area contributed by atoms with Crippen LogP contribution in [0.4, 0.5) is 4.79 Å². The fraction of sp³-hybridized carbons (Fsp3) is 0.512. The Morgan fingerprint density at radius 2 is 1.54 bits per heavy atom. The zero-order valence-electron chi connectivity index (χ0n) is 34.3. The van der Waals surface area contributed by atoms with Gasteiger partial charge in [0.15, 0.2) is 6.10 Å². The summed E-state index contributed by atoms with van der Waals surface area (Å²) in [6, 6.07) is 13.6. The van der Waals surface area contributed by atoms with Crippen LogP contribution < -0.4 is 15.4 Å². The van der Waals surface area contributed by atoms with Crippen molar-refractivity contribution in [2.75, 3.05) is 13.7 Å². The number of nitrogens with one attached hydrogen (secondary N) is 2. The summed E-state index contributed by atoms with van der Waals surface area (Å²) in [4.78, 5) is 65.0. The van der Waals surface area contributed by atoms with Gasteiger partial charge in [-0.3, -0.25) is 9.59 Å². The second-order valence-corrected chi connectivity index (χ2v) is 16.2. The highest BCUT2D eigenvalue weighted by molar-refractivity contribution is 6.32. The first-order valence-corrected chi connectivity index (χ1v) is 19.2. The van der Waals surface area contributed by atoms with Crippen LogP contribution in [0, 0.1) is 11.8 Å². The highest BCUT2D eigenvalue weighted by Gasteiger charge is 2.30. The topological polar surface area (TPSA) is 156 Å². The van der Waals surface area contributed by atoms with E-state index in [1.54, 1.807) is 65.8 Å². The minimum absolute atomic E-state index is 0.0351. The molecule has 0 heterocycles. The molecule has 56 heavy (non-hydrogen) atoms. The van der Waals surface area contributed by atoms with E-state index < -0.39 is 59.4 Å². The number of carbonyl (C=O) groups excluding carboxylic acids is 5. The van der Waals surface area contributed by atoms with Crippen LogP contribution in [-0.2, 0) is 44.5 Å². The van der Waals surface area contributed by atoms with E-state index in [-0.39, 0.29) is 44.1 Å². The number of benzene rings is 2. The van der Waals surface area contributed by atoms with Crippen LogP contribution in [-0.4, -0.2) is 73.0 Å². The maximum absolute atomic E-state index is 13.6. The quantitative estimate of drug-likeness (QED) is 0.0817. The Labute approximate surface area is 336 Å². The molecule has 0 aromatic heterocycles. The van der Waals surface area contributed by atoms with Gasteiger partial charge in [0.1, 0.15) is 29.1 Å².